The molecule has 0 amide bonds. The third kappa shape index (κ3) is 12.2. The Morgan fingerprint density at radius 3 is 1.50 bits per heavy atom. The second kappa shape index (κ2) is 8.61. The standard InChI is InChI=1S/C4H8O2.C3H8O3/c1-3(5)4(2)6;4-1-3(6)2-5/h3,5H,1-2H3;3-6H,1-2H2. The number of aliphatic hydroxyl groups excluding tert-OH is 4. The normalized spacial score (nSPS) is 11.9. The maximum Gasteiger partial charge on any atom is 0.157 e. The molecule has 1 atom stereocenters. The highest BCUT2D eigenvalue weighted by Gasteiger charge is 1.97. The van der Waals surface area contributed by atoms with Crippen molar-refractivity contribution in [2.24, 2.45) is 0 Å². The average Bonchev–Trinajstić information content (AvgIpc) is 2.04. The van der Waals surface area contributed by atoms with Crippen molar-refractivity contribution in [3.8, 4) is 0 Å². The summed E-state index contributed by atoms with van der Waals surface area (Å²) in [6.07, 6.45) is -1.74. The number of aliphatic hydroxyl groups is 4. The molecule has 5 nitrogen and oxygen atoms in total. The van der Waals surface area contributed by atoms with Crippen LogP contribution in [-0.4, -0.2) is 51.6 Å². The molecule has 0 saturated heterocycles. The molecule has 0 aliphatic carbocycles. The van der Waals surface area contributed by atoms with Crippen molar-refractivity contribution in [3.63, 3.8) is 0 Å². The Labute approximate surface area is 71.3 Å². The second-order valence-corrected chi connectivity index (χ2v) is 2.31. The Bertz CT molecular complexity index is 108. The van der Waals surface area contributed by atoms with Gasteiger partial charge in [-0.15, -0.1) is 0 Å². The first-order valence-electron chi connectivity index (χ1n) is 3.54. The maximum absolute atomic E-state index is 9.89. The van der Waals surface area contributed by atoms with Gasteiger partial charge >= 0.3 is 0 Å². The molecular weight excluding hydrogens is 164 g/mol. The van der Waals surface area contributed by atoms with Crippen LogP contribution in [-0.2, 0) is 4.79 Å². The molecule has 0 aliphatic rings. The summed E-state index contributed by atoms with van der Waals surface area (Å²) in [5, 5.41) is 32.3. The number of carbonyl (C=O) groups is 1. The fourth-order valence-corrected chi connectivity index (χ4v) is 0.0577. The Balaban J connectivity index is 0. The van der Waals surface area contributed by atoms with Crippen molar-refractivity contribution in [1.82, 2.24) is 0 Å². The number of ketones is 1. The maximum atomic E-state index is 9.89. The van der Waals surface area contributed by atoms with Gasteiger partial charge in [0.05, 0.1) is 13.2 Å². The van der Waals surface area contributed by atoms with E-state index in [4.69, 9.17) is 20.4 Å². The van der Waals surface area contributed by atoms with Crippen molar-refractivity contribution in [2.45, 2.75) is 26.1 Å². The SMILES string of the molecule is CC(=O)C(C)O.OCC(O)CO. The zero-order valence-electron chi connectivity index (χ0n) is 7.27. The van der Waals surface area contributed by atoms with Gasteiger partial charge in [0, 0.05) is 0 Å². The van der Waals surface area contributed by atoms with Crippen LogP contribution in [0.4, 0.5) is 0 Å². The summed E-state index contributed by atoms with van der Waals surface area (Å²) in [6.45, 7) is 2.07. The zero-order chi connectivity index (χ0) is 10.1. The Morgan fingerprint density at radius 2 is 1.50 bits per heavy atom. The van der Waals surface area contributed by atoms with E-state index in [2.05, 4.69) is 0 Å². The van der Waals surface area contributed by atoms with Gasteiger partial charge in [-0.05, 0) is 13.8 Å². The van der Waals surface area contributed by atoms with Crippen LogP contribution in [0.25, 0.3) is 0 Å². The highest BCUT2D eigenvalue weighted by Crippen LogP contribution is 1.76. The van der Waals surface area contributed by atoms with Gasteiger partial charge in [0.25, 0.3) is 0 Å². The lowest BCUT2D eigenvalue weighted by Crippen LogP contribution is -2.15. The summed E-state index contributed by atoms with van der Waals surface area (Å²) in [7, 11) is 0. The minimum absolute atomic E-state index is 0.185. The minimum atomic E-state index is -0.954. The summed E-state index contributed by atoms with van der Waals surface area (Å²) < 4.78 is 0. The molecule has 0 saturated carbocycles. The molecule has 0 spiro atoms. The number of rotatable bonds is 3. The summed E-state index contributed by atoms with van der Waals surface area (Å²) in [6, 6.07) is 0. The molecule has 12 heavy (non-hydrogen) atoms. The molecule has 0 aromatic heterocycles. The monoisotopic (exact) mass is 180 g/mol. The van der Waals surface area contributed by atoms with E-state index in [-0.39, 0.29) is 19.0 Å². The molecule has 4 N–H and O–H groups in total. The molecule has 0 aliphatic heterocycles. The molecule has 0 bridgehead atoms. The fourth-order valence-electron chi connectivity index (χ4n) is 0.0577. The van der Waals surface area contributed by atoms with Crippen LogP contribution >= 0.6 is 0 Å². The van der Waals surface area contributed by atoms with Crippen molar-refractivity contribution in [3.05, 3.63) is 0 Å². The lowest BCUT2D eigenvalue weighted by molar-refractivity contribution is -0.124. The van der Waals surface area contributed by atoms with E-state index in [1.807, 2.05) is 0 Å². The van der Waals surface area contributed by atoms with E-state index in [9.17, 15) is 4.79 Å². The summed E-state index contributed by atoms with van der Waals surface area (Å²) in [5.41, 5.74) is 0. The zero-order valence-corrected chi connectivity index (χ0v) is 7.27. The quantitative estimate of drug-likeness (QED) is 0.414. The number of hydrogen-bond donors (Lipinski definition) is 4. The summed E-state index contributed by atoms with van der Waals surface area (Å²) in [5.74, 6) is -0.185. The van der Waals surface area contributed by atoms with Crippen molar-refractivity contribution in [2.75, 3.05) is 13.2 Å². The largest absolute Gasteiger partial charge is 0.394 e. The topological polar surface area (TPSA) is 98.0 Å². The summed E-state index contributed by atoms with van der Waals surface area (Å²) in [4.78, 5) is 9.89. The van der Waals surface area contributed by atoms with Crippen molar-refractivity contribution >= 4 is 5.78 Å². The van der Waals surface area contributed by atoms with Gasteiger partial charge in [0.1, 0.15) is 12.2 Å². The molecular formula is C7H16O5. The van der Waals surface area contributed by atoms with Gasteiger partial charge < -0.3 is 20.4 Å². The van der Waals surface area contributed by atoms with Gasteiger partial charge in [0.15, 0.2) is 5.78 Å². The number of Topliss-reactive ketones (excluding diaryl/α,β-unsaturated/α-hetero) is 1. The molecule has 1 unspecified atom stereocenters. The molecule has 0 heterocycles. The van der Waals surface area contributed by atoms with E-state index < -0.39 is 12.2 Å². The molecule has 0 aromatic carbocycles. The predicted molar refractivity (Wildman–Crippen MR) is 42.5 cm³/mol. The van der Waals surface area contributed by atoms with Gasteiger partial charge in [-0.1, -0.05) is 0 Å². The van der Waals surface area contributed by atoms with Gasteiger partial charge in [0.2, 0.25) is 0 Å². The Morgan fingerprint density at radius 1 is 1.25 bits per heavy atom. The Hall–Kier alpha value is -0.490. The van der Waals surface area contributed by atoms with Crippen LogP contribution in [0.3, 0.4) is 0 Å². The van der Waals surface area contributed by atoms with Crippen molar-refractivity contribution < 1.29 is 25.2 Å². The van der Waals surface area contributed by atoms with Gasteiger partial charge in [-0.25, -0.2) is 0 Å². The van der Waals surface area contributed by atoms with Crippen LogP contribution in [0.1, 0.15) is 13.8 Å². The number of hydrogen-bond acceptors (Lipinski definition) is 5. The molecule has 0 rings (SSSR count). The third-order valence-electron chi connectivity index (χ3n) is 1.01. The second-order valence-electron chi connectivity index (χ2n) is 2.31. The molecule has 0 radical (unpaired) electrons. The van der Waals surface area contributed by atoms with Crippen LogP contribution in [0.15, 0.2) is 0 Å². The highest BCUT2D eigenvalue weighted by atomic mass is 16.3. The van der Waals surface area contributed by atoms with E-state index in [1.165, 1.54) is 13.8 Å². The molecule has 5 heteroatoms. The van der Waals surface area contributed by atoms with Gasteiger partial charge in [-0.2, -0.15) is 0 Å². The van der Waals surface area contributed by atoms with E-state index in [0.29, 0.717) is 0 Å². The summed E-state index contributed by atoms with van der Waals surface area (Å²) >= 11 is 0. The van der Waals surface area contributed by atoms with Crippen LogP contribution in [0.5, 0.6) is 0 Å². The lowest BCUT2D eigenvalue weighted by Gasteiger charge is -1.96. The molecule has 0 aromatic rings. The molecule has 0 fully saturated rings. The number of carbonyl (C=O) groups excluding carboxylic acids is 1. The van der Waals surface area contributed by atoms with E-state index in [0.717, 1.165) is 0 Å². The lowest BCUT2D eigenvalue weighted by atomic mass is 10.3. The van der Waals surface area contributed by atoms with Crippen LogP contribution < -0.4 is 0 Å². The predicted octanol–water partition coefficient (Wildman–Crippen LogP) is -1.71. The highest BCUT2D eigenvalue weighted by molar-refractivity contribution is 5.79. The first-order chi connectivity index (χ1) is 5.45. The van der Waals surface area contributed by atoms with Crippen LogP contribution in [0, 0.1) is 0 Å². The minimum Gasteiger partial charge on any atom is -0.394 e. The van der Waals surface area contributed by atoms with E-state index >= 15 is 0 Å². The third-order valence-corrected chi connectivity index (χ3v) is 1.01. The van der Waals surface area contributed by atoms with Crippen LogP contribution in [0.2, 0.25) is 0 Å². The fraction of sp³-hybridized carbons (Fsp3) is 0.857. The Kier molecular flexibility index (Phi) is 10.1. The first kappa shape index (κ1) is 14.1. The smallest absolute Gasteiger partial charge is 0.157 e. The van der Waals surface area contributed by atoms with E-state index in [1.54, 1.807) is 0 Å². The average molecular weight is 180 g/mol. The first-order valence-corrected chi connectivity index (χ1v) is 3.54. The van der Waals surface area contributed by atoms with Crippen molar-refractivity contribution in [1.29, 1.82) is 0 Å². The molecule has 74 valence electrons. The van der Waals surface area contributed by atoms with Gasteiger partial charge in [-0.3, -0.25) is 4.79 Å².